The minimum Gasteiger partial charge on any atom is -0.495 e. The number of nitrogens with two attached hydrogens (primary N) is 1. The van der Waals surface area contributed by atoms with Crippen molar-refractivity contribution >= 4 is 5.69 Å². The molecule has 1 aromatic rings. The molecule has 0 heterocycles. The van der Waals surface area contributed by atoms with Crippen LogP contribution in [0.1, 0.15) is 31.7 Å². The quantitative estimate of drug-likeness (QED) is 0.483. The maximum absolute atomic E-state index is 5.88. The summed E-state index contributed by atoms with van der Waals surface area (Å²) in [5, 5.41) is 3.42. The number of ether oxygens (including phenoxy) is 2. The van der Waals surface area contributed by atoms with Crippen LogP contribution in [0.5, 0.6) is 5.75 Å². The van der Waals surface area contributed by atoms with E-state index in [1.807, 2.05) is 12.1 Å². The van der Waals surface area contributed by atoms with Crippen molar-refractivity contribution in [2.24, 2.45) is 0 Å². The Labute approximate surface area is 122 Å². The SMILES string of the molecule is CCCCOCCCNCCc1ccc(OC)c(N)c1. The molecule has 114 valence electrons. The lowest BCUT2D eigenvalue weighted by Crippen LogP contribution is -2.19. The number of benzene rings is 1. The Balaban J connectivity index is 2.05. The van der Waals surface area contributed by atoms with E-state index in [9.17, 15) is 0 Å². The van der Waals surface area contributed by atoms with Crippen LogP contribution in [0, 0.1) is 0 Å². The monoisotopic (exact) mass is 280 g/mol. The van der Waals surface area contributed by atoms with Crippen LogP contribution in [0.3, 0.4) is 0 Å². The number of methoxy groups -OCH3 is 1. The standard InChI is InChI=1S/C16H28N2O2/c1-3-4-11-20-12-5-9-18-10-8-14-6-7-16(19-2)15(17)13-14/h6-7,13,18H,3-5,8-12,17H2,1-2H3. The van der Waals surface area contributed by atoms with Crippen LogP contribution < -0.4 is 15.8 Å². The van der Waals surface area contributed by atoms with Crippen LogP contribution >= 0.6 is 0 Å². The van der Waals surface area contributed by atoms with Gasteiger partial charge < -0.3 is 20.5 Å². The highest BCUT2D eigenvalue weighted by molar-refractivity contribution is 5.54. The van der Waals surface area contributed by atoms with E-state index < -0.39 is 0 Å². The first-order chi connectivity index (χ1) is 9.77. The van der Waals surface area contributed by atoms with Gasteiger partial charge >= 0.3 is 0 Å². The van der Waals surface area contributed by atoms with Gasteiger partial charge in [0.25, 0.3) is 0 Å². The Hall–Kier alpha value is -1.26. The summed E-state index contributed by atoms with van der Waals surface area (Å²) in [6.07, 6.45) is 4.40. The maximum Gasteiger partial charge on any atom is 0.141 e. The van der Waals surface area contributed by atoms with Gasteiger partial charge in [-0.05, 0) is 50.0 Å². The molecule has 0 radical (unpaired) electrons. The third-order valence-corrected chi connectivity index (χ3v) is 3.17. The number of hydrogen-bond acceptors (Lipinski definition) is 4. The topological polar surface area (TPSA) is 56.5 Å². The Morgan fingerprint density at radius 2 is 1.95 bits per heavy atom. The zero-order valence-electron chi connectivity index (χ0n) is 12.8. The fourth-order valence-electron chi connectivity index (χ4n) is 1.94. The second kappa shape index (κ2) is 10.5. The van der Waals surface area contributed by atoms with Gasteiger partial charge in [0.1, 0.15) is 5.75 Å². The predicted octanol–water partition coefficient (Wildman–Crippen LogP) is 2.62. The first-order valence-corrected chi connectivity index (χ1v) is 7.48. The third-order valence-electron chi connectivity index (χ3n) is 3.17. The van der Waals surface area contributed by atoms with Gasteiger partial charge in [0.2, 0.25) is 0 Å². The lowest BCUT2D eigenvalue weighted by molar-refractivity contribution is 0.129. The molecule has 0 aliphatic rings. The molecular weight excluding hydrogens is 252 g/mol. The Morgan fingerprint density at radius 3 is 2.65 bits per heavy atom. The van der Waals surface area contributed by atoms with E-state index in [1.54, 1.807) is 7.11 Å². The Morgan fingerprint density at radius 1 is 1.15 bits per heavy atom. The molecule has 20 heavy (non-hydrogen) atoms. The molecule has 0 aliphatic carbocycles. The van der Waals surface area contributed by atoms with Gasteiger partial charge in [0.15, 0.2) is 0 Å². The van der Waals surface area contributed by atoms with E-state index in [2.05, 4.69) is 18.3 Å². The van der Waals surface area contributed by atoms with Gasteiger partial charge in [-0.15, -0.1) is 0 Å². The third kappa shape index (κ3) is 6.78. The van der Waals surface area contributed by atoms with E-state index in [0.29, 0.717) is 5.69 Å². The minimum absolute atomic E-state index is 0.703. The van der Waals surface area contributed by atoms with Crippen LogP contribution in [-0.4, -0.2) is 33.4 Å². The van der Waals surface area contributed by atoms with Gasteiger partial charge in [0.05, 0.1) is 12.8 Å². The van der Waals surface area contributed by atoms with Crippen LogP contribution in [0.15, 0.2) is 18.2 Å². The number of hydrogen-bond donors (Lipinski definition) is 2. The highest BCUT2D eigenvalue weighted by Crippen LogP contribution is 2.21. The zero-order valence-corrected chi connectivity index (χ0v) is 12.8. The van der Waals surface area contributed by atoms with Crippen LogP contribution in [-0.2, 0) is 11.2 Å². The van der Waals surface area contributed by atoms with Crippen molar-refractivity contribution in [3.8, 4) is 5.75 Å². The Bertz CT molecular complexity index is 369. The van der Waals surface area contributed by atoms with Crippen molar-refractivity contribution in [2.45, 2.75) is 32.6 Å². The highest BCUT2D eigenvalue weighted by Gasteiger charge is 2.00. The molecular formula is C16H28N2O2. The summed E-state index contributed by atoms with van der Waals surface area (Å²) in [6, 6.07) is 5.96. The summed E-state index contributed by atoms with van der Waals surface area (Å²) >= 11 is 0. The molecule has 4 nitrogen and oxygen atoms in total. The van der Waals surface area contributed by atoms with Crippen molar-refractivity contribution in [2.75, 3.05) is 39.1 Å². The molecule has 0 amide bonds. The molecule has 0 bridgehead atoms. The van der Waals surface area contributed by atoms with E-state index in [-0.39, 0.29) is 0 Å². The number of rotatable bonds is 11. The molecule has 1 aromatic carbocycles. The number of nitrogens with one attached hydrogen (secondary N) is 1. The lowest BCUT2D eigenvalue weighted by Gasteiger charge is -2.08. The molecule has 0 saturated heterocycles. The average Bonchev–Trinajstić information content (AvgIpc) is 2.46. The largest absolute Gasteiger partial charge is 0.495 e. The number of unbranched alkanes of at least 4 members (excludes halogenated alkanes) is 1. The molecule has 0 atom stereocenters. The highest BCUT2D eigenvalue weighted by atomic mass is 16.5. The van der Waals surface area contributed by atoms with Gasteiger partial charge in [0, 0.05) is 13.2 Å². The molecule has 0 aromatic heterocycles. The summed E-state index contributed by atoms with van der Waals surface area (Å²) < 4.78 is 10.7. The normalized spacial score (nSPS) is 10.7. The lowest BCUT2D eigenvalue weighted by atomic mass is 10.1. The van der Waals surface area contributed by atoms with Crippen LogP contribution in [0.4, 0.5) is 5.69 Å². The zero-order chi connectivity index (χ0) is 14.6. The molecule has 0 saturated carbocycles. The minimum atomic E-state index is 0.703. The van der Waals surface area contributed by atoms with Crippen molar-refractivity contribution in [3.05, 3.63) is 23.8 Å². The van der Waals surface area contributed by atoms with Crippen molar-refractivity contribution in [1.82, 2.24) is 5.32 Å². The first-order valence-electron chi connectivity index (χ1n) is 7.48. The summed E-state index contributed by atoms with van der Waals surface area (Å²) in [4.78, 5) is 0. The number of nitrogen functional groups attached to an aromatic ring is 1. The maximum atomic E-state index is 5.88. The second-order valence-electron chi connectivity index (χ2n) is 4.90. The van der Waals surface area contributed by atoms with Gasteiger partial charge in [-0.1, -0.05) is 19.4 Å². The molecule has 4 heteroatoms. The summed E-state index contributed by atoms with van der Waals surface area (Å²) in [7, 11) is 1.63. The van der Waals surface area contributed by atoms with E-state index in [0.717, 1.165) is 51.3 Å². The Kier molecular flexibility index (Phi) is 8.83. The number of anilines is 1. The molecule has 1 rings (SSSR count). The van der Waals surface area contributed by atoms with Gasteiger partial charge in [-0.3, -0.25) is 0 Å². The second-order valence-corrected chi connectivity index (χ2v) is 4.90. The van der Waals surface area contributed by atoms with Crippen molar-refractivity contribution in [1.29, 1.82) is 0 Å². The molecule has 0 aliphatic heterocycles. The smallest absolute Gasteiger partial charge is 0.141 e. The fraction of sp³-hybridized carbons (Fsp3) is 0.625. The average molecular weight is 280 g/mol. The predicted molar refractivity (Wildman–Crippen MR) is 84.3 cm³/mol. The molecule has 3 N–H and O–H groups in total. The first kappa shape index (κ1) is 16.8. The van der Waals surface area contributed by atoms with E-state index >= 15 is 0 Å². The van der Waals surface area contributed by atoms with E-state index in [1.165, 1.54) is 12.0 Å². The summed E-state index contributed by atoms with van der Waals surface area (Å²) in [5.74, 6) is 0.742. The van der Waals surface area contributed by atoms with Gasteiger partial charge in [-0.25, -0.2) is 0 Å². The van der Waals surface area contributed by atoms with Gasteiger partial charge in [-0.2, -0.15) is 0 Å². The molecule has 0 unspecified atom stereocenters. The van der Waals surface area contributed by atoms with Crippen molar-refractivity contribution < 1.29 is 9.47 Å². The molecule has 0 spiro atoms. The molecule has 0 fully saturated rings. The van der Waals surface area contributed by atoms with Crippen LogP contribution in [0.25, 0.3) is 0 Å². The summed E-state index contributed by atoms with van der Waals surface area (Å²) in [6.45, 7) is 5.87. The van der Waals surface area contributed by atoms with Crippen LogP contribution in [0.2, 0.25) is 0 Å². The fourth-order valence-corrected chi connectivity index (χ4v) is 1.94. The van der Waals surface area contributed by atoms with Crippen molar-refractivity contribution in [3.63, 3.8) is 0 Å². The summed E-state index contributed by atoms with van der Waals surface area (Å²) in [5.41, 5.74) is 7.81. The van der Waals surface area contributed by atoms with E-state index in [4.69, 9.17) is 15.2 Å².